The Morgan fingerprint density at radius 3 is 2.59 bits per heavy atom. The molecule has 6 nitrogen and oxygen atoms in total. The average Bonchev–Trinajstić information content (AvgIpc) is 3.38. The van der Waals surface area contributed by atoms with E-state index in [2.05, 4.69) is 48.1 Å². The van der Waals surface area contributed by atoms with Crippen LogP contribution in [-0.4, -0.2) is 48.8 Å². The van der Waals surface area contributed by atoms with Crippen molar-refractivity contribution in [1.82, 2.24) is 19.5 Å². The Morgan fingerprint density at radius 1 is 1.05 bits per heavy atom. The van der Waals surface area contributed by atoms with Gasteiger partial charge in [0.2, 0.25) is 0 Å². The minimum atomic E-state index is -0.514. The molecule has 1 N–H and O–H groups in total. The Labute approximate surface area is 218 Å². The molecular weight excluding hydrogens is 460 g/mol. The van der Waals surface area contributed by atoms with Gasteiger partial charge in [-0.15, -0.1) is 0 Å². The van der Waals surface area contributed by atoms with E-state index in [-0.39, 0.29) is 5.60 Å². The monoisotopic (exact) mass is 496 g/mol. The number of aliphatic hydroxyl groups is 1. The van der Waals surface area contributed by atoms with E-state index < -0.39 is 6.10 Å². The molecule has 3 atom stereocenters. The molecule has 1 aliphatic carbocycles. The van der Waals surface area contributed by atoms with Gasteiger partial charge >= 0.3 is 0 Å². The summed E-state index contributed by atoms with van der Waals surface area (Å²) in [5.41, 5.74) is 5.68. The van der Waals surface area contributed by atoms with Crippen LogP contribution in [0.15, 0.2) is 67.1 Å². The number of fused-ring (bicyclic) bond motifs is 1. The molecule has 1 aliphatic heterocycles. The molecule has 1 saturated heterocycles. The van der Waals surface area contributed by atoms with Crippen molar-refractivity contribution in [1.29, 1.82) is 0 Å². The fourth-order valence-corrected chi connectivity index (χ4v) is 5.77. The summed E-state index contributed by atoms with van der Waals surface area (Å²) >= 11 is 0. The summed E-state index contributed by atoms with van der Waals surface area (Å²) in [4.78, 5) is 7.42. The third-order valence-electron chi connectivity index (χ3n) is 8.26. The zero-order chi connectivity index (χ0) is 25.6. The quantitative estimate of drug-likeness (QED) is 0.311. The maximum atomic E-state index is 9.95. The minimum absolute atomic E-state index is 0.0232. The molecule has 2 aromatic heterocycles. The van der Waals surface area contributed by atoms with Crippen LogP contribution in [0.4, 0.5) is 0 Å². The van der Waals surface area contributed by atoms with Gasteiger partial charge in [0.1, 0.15) is 11.4 Å². The van der Waals surface area contributed by atoms with Crippen molar-refractivity contribution in [2.45, 2.75) is 76.7 Å². The molecule has 2 unspecified atom stereocenters. The lowest BCUT2D eigenvalue weighted by atomic mass is 10.0. The van der Waals surface area contributed by atoms with Gasteiger partial charge in [0.25, 0.3) is 0 Å². The van der Waals surface area contributed by atoms with Crippen molar-refractivity contribution in [3.05, 3.63) is 72.7 Å². The van der Waals surface area contributed by atoms with E-state index in [4.69, 9.17) is 9.72 Å². The second-order valence-electron chi connectivity index (χ2n) is 10.9. The Kier molecular flexibility index (Phi) is 6.25. The highest BCUT2D eigenvalue weighted by Crippen LogP contribution is 2.43. The zero-order valence-electron chi connectivity index (χ0n) is 22.0. The standard InChI is InChI=1S/C31H36N4O2/c1-4-27-11-8-21(2)34(27)20-31(14-15-31)37-28-12-9-23(10-13-28)26-17-32-30-29(18-33-35(30)19-26)25-7-5-6-24(16-25)22(3)36/h5-7,9-10,12-13,16-19,21-22,27,36H,4,8,11,14-15,20H2,1-3H3/t21?,22-,27?/m0/s1. The molecule has 0 spiro atoms. The second-order valence-corrected chi connectivity index (χ2v) is 10.9. The van der Waals surface area contributed by atoms with Crippen molar-refractivity contribution in [2.75, 3.05) is 6.54 Å². The Balaban J connectivity index is 1.18. The van der Waals surface area contributed by atoms with Gasteiger partial charge in [0.15, 0.2) is 5.65 Å². The van der Waals surface area contributed by atoms with Gasteiger partial charge in [-0.2, -0.15) is 5.10 Å². The van der Waals surface area contributed by atoms with E-state index in [0.29, 0.717) is 12.1 Å². The number of benzene rings is 2. The van der Waals surface area contributed by atoms with Gasteiger partial charge in [-0.25, -0.2) is 9.50 Å². The fraction of sp³-hybridized carbons (Fsp3) is 0.419. The van der Waals surface area contributed by atoms with Crippen LogP contribution in [0.1, 0.15) is 64.5 Å². The van der Waals surface area contributed by atoms with E-state index in [9.17, 15) is 5.11 Å². The SMILES string of the molecule is CCC1CCC(C)N1CC1(Oc2ccc(-c3cnc4c(-c5cccc([C@H](C)O)c5)cnn4c3)cc2)CC1. The van der Waals surface area contributed by atoms with Crippen molar-refractivity contribution < 1.29 is 9.84 Å². The molecule has 2 aliphatic rings. The number of aromatic nitrogens is 3. The summed E-state index contributed by atoms with van der Waals surface area (Å²) in [7, 11) is 0. The first kappa shape index (κ1) is 24.1. The molecular formula is C31H36N4O2. The lowest BCUT2D eigenvalue weighted by Crippen LogP contribution is -2.43. The van der Waals surface area contributed by atoms with Crippen molar-refractivity contribution in [2.24, 2.45) is 0 Å². The lowest BCUT2D eigenvalue weighted by Gasteiger charge is -2.32. The molecule has 0 radical (unpaired) electrons. The molecule has 6 heteroatoms. The summed E-state index contributed by atoms with van der Waals surface area (Å²) in [6.45, 7) is 7.48. The molecule has 37 heavy (non-hydrogen) atoms. The predicted octanol–water partition coefficient (Wildman–Crippen LogP) is 6.29. The molecule has 0 bridgehead atoms. The van der Waals surface area contributed by atoms with E-state index in [1.807, 2.05) is 47.4 Å². The van der Waals surface area contributed by atoms with Crippen LogP contribution in [0, 0.1) is 0 Å². The lowest BCUT2D eigenvalue weighted by molar-refractivity contribution is 0.0857. The molecule has 192 valence electrons. The summed E-state index contributed by atoms with van der Waals surface area (Å²) < 4.78 is 8.39. The van der Waals surface area contributed by atoms with Crippen LogP contribution in [-0.2, 0) is 0 Å². The van der Waals surface area contributed by atoms with Gasteiger partial charge in [-0.05, 0) is 80.8 Å². The topological polar surface area (TPSA) is 62.9 Å². The van der Waals surface area contributed by atoms with Gasteiger partial charge in [0.05, 0.1) is 12.3 Å². The number of ether oxygens (including phenoxy) is 1. The maximum absolute atomic E-state index is 9.95. The highest BCUT2D eigenvalue weighted by molar-refractivity contribution is 5.78. The van der Waals surface area contributed by atoms with Gasteiger partial charge in [-0.1, -0.05) is 37.3 Å². The van der Waals surface area contributed by atoms with Crippen LogP contribution < -0.4 is 4.74 Å². The number of hydrogen-bond acceptors (Lipinski definition) is 5. The Bertz CT molecular complexity index is 1390. The van der Waals surface area contributed by atoms with Crippen LogP contribution in [0.25, 0.3) is 27.9 Å². The number of likely N-dealkylation sites (tertiary alicyclic amines) is 1. The minimum Gasteiger partial charge on any atom is -0.486 e. The fourth-order valence-electron chi connectivity index (χ4n) is 5.77. The number of nitrogens with zero attached hydrogens (tertiary/aromatic N) is 4. The highest BCUT2D eigenvalue weighted by Gasteiger charge is 2.49. The molecule has 2 aromatic carbocycles. The largest absolute Gasteiger partial charge is 0.486 e. The van der Waals surface area contributed by atoms with Crippen molar-refractivity contribution in [3.63, 3.8) is 0 Å². The summed E-state index contributed by atoms with van der Waals surface area (Å²) in [6.07, 6.45) is 11.3. The van der Waals surface area contributed by atoms with Crippen LogP contribution in [0.5, 0.6) is 5.75 Å². The summed E-state index contributed by atoms with van der Waals surface area (Å²) in [6, 6.07) is 17.6. The van der Waals surface area contributed by atoms with Gasteiger partial charge in [0, 0.05) is 42.1 Å². The number of rotatable bonds is 8. The summed E-state index contributed by atoms with van der Waals surface area (Å²) in [5.74, 6) is 0.939. The highest BCUT2D eigenvalue weighted by atomic mass is 16.5. The number of aliphatic hydroxyl groups excluding tert-OH is 1. The zero-order valence-corrected chi connectivity index (χ0v) is 22.0. The summed E-state index contributed by atoms with van der Waals surface area (Å²) in [5, 5.41) is 14.5. The molecule has 0 amide bonds. The van der Waals surface area contributed by atoms with Crippen LogP contribution in [0.2, 0.25) is 0 Å². The molecule has 6 rings (SSSR count). The Morgan fingerprint density at radius 2 is 1.86 bits per heavy atom. The third kappa shape index (κ3) is 4.76. The van der Waals surface area contributed by atoms with Crippen molar-refractivity contribution >= 4 is 5.65 Å². The predicted molar refractivity (Wildman–Crippen MR) is 147 cm³/mol. The van der Waals surface area contributed by atoms with E-state index >= 15 is 0 Å². The normalized spacial score (nSPS) is 21.8. The Hall–Kier alpha value is -3.22. The molecule has 3 heterocycles. The van der Waals surface area contributed by atoms with Crippen LogP contribution in [0.3, 0.4) is 0 Å². The molecule has 2 fully saturated rings. The van der Waals surface area contributed by atoms with Gasteiger partial charge < -0.3 is 9.84 Å². The molecule has 1 saturated carbocycles. The van der Waals surface area contributed by atoms with Crippen LogP contribution >= 0.6 is 0 Å². The first-order valence-electron chi connectivity index (χ1n) is 13.6. The number of hydrogen-bond donors (Lipinski definition) is 1. The first-order valence-corrected chi connectivity index (χ1v) is 13.6. The van der Waals surface area contributed by atoms with Gasteiger partial charge in [-0.3, -0.25) is 4.90 Å². The second kappa shape index (κ2) is 9.58. The first-order chi connectivity index (χ1) is 17.9. The van der Waals surface area contributed by atoms with Crippen molar-refractivity contribution in [3.8, 4) is 28.0 Å². The third-order valence-corrected chi connectivity index (χ3v) is 8.26. The molecule has 4 aromatic rings. The average molecular weight is 497 g/mol. The maximum Gasteiger partial charge on any atom is 0.162 e. The van der Waals surface area contributed by atoms with E-state index in [1.165, 1.54) is 19.3 Å². The smallest absolute Gasteiger partial charge is 0.162 e. The van der Waals surface area contributed by atoms with E-state index in [1.54, 1.807) is 6.92 Å². The van der Waals surface area contributed by atoms with E-state index in [0.717, 1.165) is 58.6 Å².